The van der Waals surface area contributed by atoms with E-state index >= 15 is 0 Å². The van der Waals surface area contributed by atoms with Crippen LogP contribution in [0, 0.1) is 38.5 Å². The second-order valence-corrected chi connectivity index (χ2v) is 25.8. The molecule has 6 rings (SSSR count). The standard InChI is InChI=1S/C48H48N2Si2/c1-11-37-33-45(51(5,6)7)27-29-47(37)49(43-17-13-15-35(3)31-43)41-23-19-39(20-24-41)40-21-25-42(26-22-40)50(44-18-14-16-36(4)32-44)48-30-28-46(52(8,9)10)34-38(48)12-2/h1-2,13-34H,3-10H3. The Morgan fingerprint density at radius 3 is 1.10 bits per heavy atom. The number of anilines is 6. The van der Waals surface area contributed by atoms with E-state index in [0.29, 0.717) is 0 Å². The van der Waals surface area contributed by atoms with E-state index in [1.807, 2.05) is 0 Å². The molecule has 0 amide bonds. The summed E-state index contributed by atoms with van der Waals surface area (Å²) in [5.41, 5.74) is 12.8. The number of aryl methyl sites for hydroxylation is 2. The maximum Gasteiger partial charge on any atom is 0.0776 e. The molecule has 6 aromatic carbocycles. The fourth-order valence-electron chi connectivity index (χ4n) is 6.62. The van der Waals surface area contributed by atoms with E-state index in [9.17, 15) is 0 Å². The van der Waals surface area contributed by atoms with Crippen LogP contribution in [0.1, 0.15) is 22.3 Å². The topological polar surface area (TPSA) is 6.48 Å². The molecular formula is C48H48N2Si2. The van der Waals surface area contributed by atoms with Gasteiger partial charge in [-0.2, -0.15) is 0 Å². The zero-order valence-corrected chi connectivity index (χ0v) is 33.8. The Hall–Kier alpha value is -5.53. The van der Waals surface area contributed by atoms with Gasteiger partial charge in [0.2, 0.25) is 0 Å². The van der Waals surface area contributed by atoms with Crippen LogP contribution >= 0.6 is 0 Å². The number of rotatable bonds is 9. The highest BCUT2D eigenvalue weighted by Gasteiger charge is 2.23. The third-order valence-electron chi connectivity index (χ3n) is 9.62. The smallest absolute Gasteiger partial charge is 0.0776 e. The molecule has 0 aromatic heterocycles. The third kappa shape index (κ3) is 7.70. The van der Waals surface area contributed by atoms with Gasteiger partial charge in [-0.25, -0.2) is 0 Å². The largest absolute Gasteiger partial charge is 0.309 e. The average Bonchev–Trinajstić information content (AvgIpc) is 3.12. The van der Waals surface area contributed by atoms with Crippen molar-refractivity contribution < 1.29 is 0 Å². The van der Waals surface area contributed by atoms with Crippen molar-refractivity contribution in [1.29, 1.82) is 0 Å². The lowest BCUT2D eigenvalue weighted by Gasteiger charge is -2.29. The van der Waals surface area contributed by atoms with Gasteiger partial charge in [0.05, 0.1) is 27.5 Å². The molecular weight excluding hydrogens is 661 g/mol. The van der Waals surface area contributed by atoms with Gasteiger partial charge in [-0.15, -0.1) is 12.8 Å². The first-order valence-corrected chi connectivity index (χ1v) is 24.9. The minimum Gasteiger partial charge on any atom is -0.309 e. The lowest BCUT2D eigenvalue weighted by molar-refractivity contribution is 1.26. The minimum absolute atomic E-state index is 0.905. The second-order valence-electron chi connectivity index (χ2n) is 15.7. The third-order valence-corrected chi connectivity index (χ3v) is 13.7. The van der Waals surface area contributed by atoms with Crippen molar-refractivity contribution in [3.63, 3.8) is 0 Å². The molecule has 0 saturated heterocycles. The first-order chi connectivity index (χ1) is 24.8. The average molecular weight is 709 g/mol. The maximum atomic E-state index is 6.17. The molecule has 4 heteroatoms. The lowest BCUT2D eigenvalue weighted by atomic mass is 10.0. The monoisotopic (exact) mass is 708 g/mol. The van der Waals surface area contributed by atoms with Crippen LogP contribution in [0.4, 0.5) is 34.1 Å². The molecule has 0 saturated carbocycles. The van der Waals surface area contributed by atoms with Crippen molar-refractivity contribution >= 4 is 60.6 Å². The molecule has 0 unspecified atom stereocenters. The summed E-state index contributed by atoms with van der Waals surface area (Å²) in [6.45, 7) is 18.4. The first-order valence-electron chi connectivity index (χ1n) is 17.9. The van der Waals surface area contributed by atoms with Crippen LogP contribution in [0.5, 0.6) is 0 Å². The lowest BCUT2D eigenvalue weighted by Crippen LogP contribution is -2.37. The summed E-state index contributed by atoms with van der Waals surface area (Å²) in [6, 6.07) is 48.1. The van der Waals surface area contributed by atoms with Gasteiger partial charge in [-0.3, -0.25) is 0 Å². The molecule has 0 aliphatic rings. The van der Waals surface area contributed by atoms with E-state index in [4.69, 9.17) is 12.8 Å². The van der Waals surface area contributed by atoms with Gasteiger partial charge in [-0.1, -0.05) is 122 Å². The highest BCUT2D eigenvalue weighted by molar-refractivity contribution is 6.89. The van der Waals surface area contributed by atoms with Crippen molar-refractivity contribution in [3.05, 3.63) is 156 Å². The summed E-state index contributed by atoms with van der Waals surface area (Å²) in [6.07, 6.45) is 12.3. The first kappa shape index (κ1) is 36.3. The zero-order valence-electron chi connectivity index (χ0n) is 31.8. The van der Waals surface area contributed by atoms with E-state index in [0.717, 1.165) is 56.4 Å². The van der Waals surface area contributed by atoms with Crippen molar-refractivity contribution in [3.8, 4) is 35.8 Å². The number of nitrogens with zero attached hydrogens (tertiary/aromatic N) is 2. The predicted molar refractivity (Wildman–Crippen MR) is 233 cm³/mol. The van der Waals surface area contributed by atoms with Gasteiger partial charge in [-0.05, 0) is 109 Å². The van der Waals surface area contributed by atoms with Gasteiger partial charge in [0.1, 0.15) is 0 Å². The molecule has 2 nitrogen and oxygen atoms in total. The molecule has 0 radical (unpaired) electrons. The Bertz CT molecular complexity index is 2140. The van der Waals surface area contributed by atoms with E-state index in [-0.39, 0.29) is 0 Å². The maximum absolute atomic E-state index is 6.17. The molecule has 0 atom stereocenters. The SMILES string of the molecule is C#Cc1cc([Si](C)(C)C)ccc1N(c1ccc(-c2ccc(N(c3cccc(C)c3)c3ccc([Si](C)(C)C)cc3C#C)cc2)cc1)c1cccc(C)c1. The molecule has 0 N–H and O–H groups in total. The number of terminal acetylenes is 2. The fraction of sp³-hybridized carbons (Fsp3) is 0.167. The zero-order chi connectivity index (χ0) is 37.2. The summed E-state index contributed by atoms with van der Waals surface area (Å²) >= 11 is 0. The summed E-state index contributed by atoms with van der Waals surface area (Å²) in [5.74, 6) is 6.01. The molecule has 258 valence electrons. The number of hydrogen-bond donors (Lipinski definition) is 0. The van der Waals surface area contributed by atoms with Gasteiger partial charge in [0.25, 0.3) is 0 Å². The molecule has 52 heavy (non-hydrogen) atoms. The minimum atomic E-state index is -1.54. The van der Waals surface area contributed by atoms with Crippen molar-refractivity contribution in [2.75, 3.05) is 9.80 Å². The van der Waals surface area contributed by atoms with Crippen molar-refractivity contribution in [2.45, 2.75) is 53.1 Å². The summed E-state index contributed by atoms with van der Waals surface area (Å²) < 4.78 is 0. The Kier molecular flexibility index (Phi) is 10.2. The highest BCUT2D eigenvalue weighted by Crippen LogP contribution is 2.40. The second kappa shape index (κ2) is 14.6. The predicted octanol–water partition coefficient (Wildman–Crippen LogP) is 12.0. The van der Waals surface area contributed by atoms with E-state index in [2.05, 4.69) is 208 Å². The van der Waals surface area contributed by atoms with Crippen molar-refractivity contribution in [2.24, 2.45) is 0 Å². The van der Waals surface area contributed by atoms with Gasteiger partial charge >= 0.3 is 0 Å². The van der Waals surface area contributed by atoms with Crippen LogP contribution in [0.2, 0.25) is 39.3 Å². The molecule has 0 fully saturated rings. The van der Waals surface area contributed by atoms with Crippen molar-refractivity contribution in [1.82, 2.24) is 0 Å². The van der Waals surface area contributed by atoms with E-state index in [1.54, 1.807) is 0 Å². The van der Waals surface area contributed by atoms with Crippen LogP contribution in [0.25, 0.3) is 11.1 Å². The van der Waals surface area contributed by atoms with Crippen LogP contribution in [-0.2, 0) is 0 Å². The Labute approximate surface area is 313 Å². The highest BCUT2D eigenvalue weighted by atomic mass is 28.3. The normalized spacial score (nSPS) is 11.4. The summed E-state index contributed by atoms with van der Waals surface area (Å²) in [4.78, 5) is 4.55. The molecule has 0 heterocycles. The van der Waals surface area contributed by atoms with Crippen LogP contribution < -0.4 is 20.2 Å². The Morgan fingerprint density at radius 1 is 0.423 bits per heavy atom. The molecule has 0 aliphatic heterocycles. The molecule has 0 spiro atoms. The summed E-state index contributed by atoms with van der Waals surface area (Å²) in [7, 11) is -3.08. The van der Waals surface area contributed by atoms with E-state index < -0.39 is 16.1 Å². The van der Waals surface area contributed by atoms with Gasteiger partial charge in [0.15, 0.2) is 0 Å². The Balaban J connectivity index is 1.38. The van der Waals surface area contributed by atoms with Gasteiger partial charge < -0.3 is 9.80 Å². The Morgan fingerprint density at radius 2 is 0.788 bits per heavy atom. The van der Waals surface area contributed by atoms with Crippen LogP contribution in [0.15, 0.2) is 133 Å². The quantitative estimate of drug-likeness (QED) is 0.109. The van der Waals surface area contributed by atoms with Crippen LogP contribution in [-0.4, -0.2) is 16.1 Å². The number of benzene rings is 6. The summed E-state index contributed by atoms with van der Waals surface area (Å²) in [5, 5.41) is 2.71. The molecule has 0 aliphatic carbocycles. The fourth-order valence-corrected chi connectivity index (χ4v) is 8.94. The molecule has 0 bridgehead atoms. The van der Waals surface area contributed by atoms with Gasteiger partial charge in [0, 0.05) is 33.9 Å². The van der Waals surface area contributed by atoms with Crippen LogP contribution in [0.3, 0.4) is 0 Å². The van der Waals surface area contributed by atoms with E-state index in [1.165, 1.54) is 21.5 Å². The number of hydrogen-bond acceptors (Lipinski definition) is 2. The molecule has 6 aromatic rings.